The maximum Gasteiger partial charge on any atom is 0.0837 e. The van der Waals surface area contributed by atoms with E-state index in [-0.39, 0.29) is 12.2 Å². The summed E-state index contributed by atoms with van der Waals surface area (Å²) in [5, 5.41) is 9.56. The van der Waals surface area contributed by atoms with Crippen LogP contribution in [-0.4, -0.2) is 23.9 Å². The second kappa shape index (κ2) is 2.51. The SMILES string of the molecule is OC(C1CC1)C1CCCO1. The van der Waals surface area contributed by atoms with Crippen LogP contribution in [0.2, 0.25) is 0 Å². The quantitative estimate of drug-likeness (QED) is 0.621. The predicted molar refractivity (Wildman–Crippen MR) is 37.7 cm³/mol. The predicted octanol–water partition coefficient (Wildman–Crippen LogP) is 0.936. The first-order valence-electron chi connectivity index (χ1n) is 4.17. The lowest BCUT2D eigenvalue weighted by Gasteiger charge is -2.15. The first-order chi connectivity index (χ1) is 4.88. The molecule has 2 aliphatic rings. The van der Waals surface area contributed by atoms with Crippen molar-refractivity contribution in [3.63, 3.8) is 0 Å². The Labute approximate surface area is 61.2 Å². The van der Waals surface area contributed by atoms with Crippen molar-refractivity contribution >= 4 is 0 Å². The molecule has 2 rings (SSSR count). The molecule has 10 heavy (non-hydrogen) atoms. The summed E-state index contributed by atoms with van der Waals surface area (Å²) in [6, 6.07) is 0. The van der Waals surface area contributed by atoms with Gasteiger partial charge in [0.05, 0.1) is 12.2 Å². The molecule has 1 saturated carbocycles. The molecule has 1 heterocycles. The van der Waals surface area contributed by atoms with Crippen molar-refractivity contribution in [3.05, 3.63) is 0 Å². The Morgan fingerprint density at radius 3 is 2.60 bits per heavy atom. The van der Waals surface area contributed by atoms with Crippen LogP contribution in [0.3, 0.4) is 0 Å². The van der Waals surface area contributed by atoms with Crippen molar-refractivity contribution in [3.8, 4) is 0 Å². The van der Waals surface area contributed by atoms with E-state index < -0.39 is 0 Å². The molecule has 0 spiro atoms. The minimum atomic E-state index is -0.150. The maximum atomic E-state index is 9.56. The van der Waals surface area contributed by atoms with Crippen LogP contribution in [-0.2, 0) is 4.74 Å². The van der Waals surface area contributed by atoms with Gasteiger partial charge < -0.3 is 9.84 Å². The molecule has 0 amide bonds. The van der Waals surface area contributed by atoms with E-state index in [9.17, 15) is 5.11 Å². The zero-order valence-corrected chi connectivity index (χ0v) is 6.12. The highest BCUT2D eigenvalue weighted by Crippen LogP contribution is 2.36. The maximum absolute atomic E-state index is 9.56. The van der Waals surface area contributed by atoms with Crippen molar-refractivity contribution in [2.45, 2.75) is 37.9 Å². The van der Waals surface area contributed by atoms with E-state index in [1.165, 1.54) is 12.8 Å². The molecule has 0 bridgehead atoms. The van der Waals surface area contributed by atoms with Crippen LogP contribution >= 0.6 is 0 Å². The van der Waals surface area contributed by atoms with Gasteiger partial charge in [0, 0.05) is 6.61 Å². The van der Waals surface area contributed by atoms with Gasteiger partial charge in [0.25, 0.3) is 0 Å². The highest BCUT2D eigenvalue weighted by atomic mass is 16.5. The molecule has 58 valence electrons. The zero-order chi connectivity index (χ0) is 6.97. The summed E-state index contributed by atoms with van der Waals surface area (Å²) in [7, 11) is 0. The van der Waals surface area contributed by atoms with Gasteiger partial charge in [-0.25, -0.2) is 0 Å². The lowest BCUT2D eigenvalue weighted by atomic mass is 10.1. The molecule has 2 fully saturated rings. The van der Waals surface area contributed by atoms with Crippen LogP contribution in [0.25, 0.3) is 0 Å². The normalized spacial score (nSPS) is 36.3. The molecule has 2 unspecified atom stereocenters. The van der Waals surface area contributed by atoms with Crippen LogP contribution in [0.1, 0.15) is 25.7 Å². The largest absolute Gasteiger partial charge is 0.390 e. The Morgan fingerprint density at radius 2 is 2.10 bits per heavy atom. The molecule has 0 aromatic rings. The number of ether oxygens (including phenoxy) is 1. The van der Waals surface area contributed by atoms with Gasteiger partial charge >= 0.3 is 0 Å². The minimum absolute atomic E-state index is 0.150. The fraction of sp³-hybridized carbons (Fsp3) is 1.00. The summed E-state index contributed by atoms with van der Waals surface area (Å²) in [5.41, 5.74) is 0. The van der Waals surface area contributed by atoms with Gasteiger partial charge in [-0.15, -0.1) is 0 Å². The smallest absolute Gasteiger partial charge is 0.0837 e. The lowest BCUT2D eigenvalue weighted by molar-refractivity contribution is -0.0124. The van der Waals surface area contributed by atoms with Crippen molar-refractivity contribution in [1.29, 1.82) is 0 Å². The second-order valence-electron chi connectivity index (χ2n) is 3.38. The van der Waals surface area contributed by atoms with E-state index in [2.05, 4.69) is 0 Å². The van der Waals surface area contributed by atoms with Gasteiger partial charge in [-0.3, -0.25) is 0 Å². The summed E-state index contributed by atoms with van der Waals surface area (Å²) in [4.78, 5) is 0. The average Bonchev–Trinajstić information content (AvgIpc) is 2.65. The number of rotatable bonds is 2. The monoisotopic (exact) mass is 142 g/mol. The first kappa shape index (κ1) is 6.62. The fourth-order valence-electron chi connectivity index (χ4n) is 1.61. The van der Waals surface area contributed by atoms with Crippen molar-refractivity contribution in [2.24, 2.45) is 5.92 Å². The number of aliphatic hydroxyl groups is 1. The Kier molecular flexibility index (Phi) is 1.66. The molecule has 0 radical (unpaired) electrons. The van der Waals surface area contributed by atoms with Crippen molar-refractivity contribution < 1.29 is 9.84 Å². The van der Waals surface area contributed by atoms with Gasteiger partial charge in [-0.2, -0.15) is 0 Å². The molecule has 1 N–H and O–H groups in total. The minimum Gasteiger partial charge on any atom is -0.390 e. The van der Waals surface area contributed by atoms with Crippen LogP contribution in [0.5, 0.6) is 0 Å². The third-order valence-electron chi connectivity index (χ3n) is 2.45. The molecule has 2 atom stereocenters. The van der Waals surface area contributed by atoms with E-state index in [0.29, 0.717) is 5.92 Å². The number of hydrogen-bond acceptors (Lipinski definition) is 2. The summed E-state index contributed by atoms with van der Waals surface area (Å²) in [5.74, 6) is 0.572. The van der Waals surface area contributed by atoms with Gasteiger partial charge in [0.15, 0.2) is 0 Å². The van der Waals surface area contributed by atoms with Gasteiger partial charge in [-0.05, 0) is 31.6 Å². The summed E-state index contributed by atoms with van der Waals surface area (Å²) in [6.07, 6.45) is 4.64. The van der Waals surface area contributed by atoms with E-state index in [4.69, 9.17) is 4.74 Å². The molecule has 2 heteroatoms. The Morgan fingerprint density at radius 1 is 1.30 bits per heavy atom. The fourth-order valence-corrected chi connectivity index (χ4v) is 1.61. The molecule has 1 saturated heterocycles. The molecule has 1 aliphatic heterocycles. The van der Waals surface area contributed by atoms with E-state index in [1.807, 2.05) is 0 Å². The standard InChI is InChI=1S/C8H14O2/c9-8(6-3-4-6)7-2-1-5-10-7/h6-9H,1-5H2. The molecular weight excluding hydrogens is 128 g/mol. The van der Waals surface area contributed by atoms with Crippen molar-refractivity contribution in [2.75, 3.05) is 6.61 Å². The van der Waals surface area contributed by atoms with Crippen LogP contribution in [0.4, 0.5) is 0 Å². The van der Waals surface area contributed by atoms with Gasteiger partial charge in [-0.1, -0.05) is 0 Å². The number of aliphatic hydroxyl groups excluding tert-OH is 1. The van der Waals surface area contributed by atoms with Crippen LogP contribution in [0, 0.1) is 5.92 Å². The highest BCUT2D eigenvalue weighted by Gasteiger charge is 2.36. The Bertz CT molecular complexity index is 114. The second-order valence-corrected chi connectivity index (χ2v) is 3.38. The summed E-state index contributed by atoms with van der Waals surface area (Å²) >= 11 is 0. The Hall–Kier alpha value is -0.0800. The topological polar surface area (TPSA) is 29.5 Å². The summed E-state index contributed by atoms with van der Waals surface area (Å²) in [6.45, 7) is 0.856. The summed E-state index contributed by atoms with van der Waals surface area (Å²) < 4.78 is 5.37. The molecule has 2 nitrogen and oxygen atoms in total. The molecule has 0 aromatic heterocycles. The third kappa shape index (κ3) is 1.18. The van der Waals surface area contributed by atoms with E-state index in [1.54, 1.807) is 0 Å². The Balaban J connectivity index is 1.84. The average molecular weight is 142 g/mol. The molecular formula is C8H14O2. The van der Waals surface area contributed by atoms with E-state index in [0.717, 1.165) is 19.4 Å². The van der Waals surface area contributed by atoms with Gasteiger partial charge in [0.1, 0.15) is 0 Å². The van der Waals surface area contributed by atoms with Crippen LogP contribution in [0.15, 0.2) is 0 Å². The van der Waals surface area contributed by atoms with Crippen LogP contribution < -0.4 is 0 Å². The highest BCUT2D eigenvalue weighted by molar-refractivity contribution is 4.87. The third-order valence-corrected chi connectivity index (χ3v) is 2.45. The molecule has 0 aromatic carbocycles. The number of hydrogen-bond donors (Lipinski definition) is 1. The lowest BCUT2D eigenvalue weighted by Crippen LogP contribution is -2.26. The first-order valence-corrected chi connectivity index (χ1v) is 4.17. The van der Waals surface area contributed by atoms with Gasteiger partial charge in [0.2, 0.25) is 0 Å². The van der Waals surface area contributed by atoms with E-state index >= 15 is 0 Å². The zero-order valence-electron chi connectivity index (χ0n) is 6.12. The molecule has 1 aliphatic carbocycles. The van der Waals surface area contributed by atoms with Crippen molar-refractivity contribution in [1.82, 2.24) is 0 Å².